The van der Waals surface area contributed by atoms with Crippen LogP contribution in [0.1, 0.15) is 18.3 Å². The smallest absolute Gasteiger partial charge is 0.131 e. The zero-order valence-electron chi connectivity index (χ0n) is 10.3. The minimum absolute atomic E-state index is 0.726. The van der Waals surface area contributed by atoms with Gasteiger partial charge < -0.3 is 10.3 Å². The zero-order valence-corrected chi connectivity index (χ0v) is 11.9. The Labute approximate surface area is 110 Å². The summed E-state index contributed by atoms with van der Waals surface area (Å²) in [7, 11) is 1.95. The van der Waals surface area contributed by atoms with E-state index in [1.807, 2.05) is 23.7 Å². The maximum absolute atomic E-state index is 6.09. The molecule has 1 heterocycles. The first-order valence-corrected chi connectivity index (χ1v) is 6.41. The van der Waals surface area contributed by atoms with Gasteiger partial charge in [0.15, 0.2) is 0 Å². The maximum Gasteiger partial charge on any atom is 0.131 e. The third-order valence-corrected chi connectivity index (χ3v) is 3.87. The number of anilines is 1. The van der Waals surface area contributed by atoms with Crippen LogP contribution in [0.3, 0.4) is 0 Å². The van der Waals surface area contributed by atoms with E-state index in [4.69, 9.17) is 5.73 Å². The van der Waals surface area contributed by atoms with Gasteiger partial charge in [0.05, 0.1) is 0 Å². The van der Waals surface area contributed by atoms with Gasteiger partial charge >= 0.3 is 0 Å². The second-order valence-corrected chi connectivity index (χ2v) is 4.99. The van der Waals surface area contributed by atoms with Gasteiger partial charge in [-0.15, -0.1) is 0 Å². The van der Waals surface area contributed by atoms with Gasteiger partial charge in [-0.05, 0) is 24.6 Å². The monoisotopic (exact) mass is 293 g/mol. The van der Waals surface area contributed by atoms with Crippen molar-refractivity contribution < 1.29 is 0 Å². The Morgan fingerprint density at radius 1 is 1.41 bits per heavy atom. The fourth-order valence-electron chi connectivity index (χ4n) is 1.88. The lowest BCUT2D eigenvalue weighted by molar-refractivity contribution is 0.816. The molecule has 0 unspecified atom stereocenters. The molecule has 3 nitrogen and oxygen atoms in total. The summed E-state index contributed by atoms with van der Waals surface area (Å²) in [5.74, 6) is 1.74. The highest BCUT2D eigenvalue weighted by molar-refractivity contribution is 9.10. The van der Waals surface area contributed by atoms with E-state index in [1.165, 1.54) is 5.56 Å². The molecule has 2 N–H and O–H groups in total. The zero-order chi connectivity index (χ0) is 12.6. The van der Waals surface area contributed by atoms with E-state index < -0.39 is 0 Å². The van der Waals surface area contributed by atoms with Crippen molar-refractivity contribution in [3.8, 4) is 11.3 Å². The SMILES string of the molecule is CCc1nc(-c2ccc(Br)c(C)c2)c(N)n1C. The van der Waals surface area contributed by atoms with Crippen LogP contribution in [-0.4, -0.2) is 9.55 Å². The second-order valence-electron chi connectivity index (χ2n) is 4.14. The first-order chi connectivity index (χ1) is 8.04. The van der Waals surface area contributed by atoms with Crippen molar-refractivity contribution in [2.45, 2.75) is 20.3 Å². The summed E-state index contributed by atoms with van der Waals surface area (Å²) in [6.45, 7) is 4.14. The number of aryl methyl sites for hydroxylation is 2. The van der Waals surface area contributed by atoms with Gasteiger partial charge in [-0.1, -0.05) is 28.9 Å². The lowest BCUT2D eigenvalue weighted by Gasteiger charge is -2.03. The molecule has 0 atom stereocenters. The molecule has 2 aromatic rings. The van der Waals surface area contributed by atoms with E-state index in [2.05, 4.69) is 40.8 Å². The molecule has 2 rings (SSSR count). The van der Waals surface area contributed by atoms with Gasteiger partial charge in [-0.3, -0.25) is 0 Å². The Hall–Kier alpha value is -1.29. The third kappa shape index (κ3) is 2.09. The van der Waals surface area contributed by atoms with Crippen LogP contribution in [0.25, 0.3) is 11.3 Å². The molecule has 0 bridgehead atoms. The summed E-state index contributed by atoms with van der Waals surface area (Å²) in [4.78, 5) is 4.59. The quantitative estimate of drug-likeness (QED) is 0.923. The van der Waals surface area contributed by atoms with E-state index in [9.17, 15) is 0 Å². The summed E-state index contributed by atoms with van der Waals surface area (Å²) in [6, 6.07) is 6.17. The van der Waals surface area contributed by atoms with Crippen LogP contribution in [0.15, 0.2) is 22.7 Å². The van der Waals surface area contributed by atoms with Crippen molar-refractivity contribution in [2.75, 3.05) is 5.73 Å². The maximum atomic E-state index is 6.09. The van der Waals surface area contributed by atoms with Crippen LogP contribution < -0.4 is 5.73 Å². The number of rotatable bonds is 2. The second kappa shape index (κ2) is 4.53. The normalized spacial score (nSPS) is 10.8. The van der Waals surface area contributed by atoms with Gasteiger partial charge in [-0.25, -0.2) is 4.98 Å². The molecule has 0 radical (unpaired) electrons. The molecule has 1 aromatic heterocycles. The van der Waals surface area contributed by atoms with Gasteiger partial charge in [0.1, 0.15) is 17.3 Å². The van der Waals surface area contributed by atoms with Gasteiger partial charge in [0.25, 0.3) is 0 Å². The molecule has 1 aromatic carbocycles. The van der Waals surface area contributed by atoms with Gasteiger partial charge in [-0.2, -0.15) is 0 Å². The van der Waals surface area contributed by atoms with Crippen LogP contribution in [0, 0.1) is 6.92 Å². The average Bonchev–Trinajstić information content (AvgIpc) is 2.60. The van der Waals surface area contributed by atoms with E-state index >= 15 is 0 Å². The minimum atomic E-state index is 0.726. The van der Waals surface area contributed by atoms with Crippen LogP contribution in [0.4, 0.5) is 5.82 Å². The van der Waals surface area contributed by atoms with Crippen molar-refractivity contribution in [3.05, 3.63) is 34.1 Å². The highest BCUT2D eigenvalue weighted by Crippen LogP contribution is 2.28. The molecular formula is C13H16BrN3. The van der Waals surface area contributed by atoms with E-state index in [1.54, 1.807) is 0 Å². The number of nitrogens with two attached hydrogens (primary N) is 1. The summed E-state index contributed by atoms with van der Waals surface area (Å²) < 4.78 is 3.05. The van der Waals surface area contributed by atoms with Crippen molar-refractivity contribution in [1.29, 1.82) is 0 Å². The highest BCUT2D eigenvalue weighted by atomic mass is 79.9. The summed E-state index contributed by atoms with van der Waals surface area (Å²) >= 11 is 3.50. The summed E-state index contributed by atoms with van der Waals surface area (Å²) in [5, 5.41) is 0. The molecular weight excluding hydrogens is 278 g/mol. The number of hydrogen-bond donors (Lipinski definition) is 1. The Bertz CT molecular complexity index is 558. The Balaban J connectivity index is 2.56. The molecule has 90 valence electrons. The Morgan fingerprint density at radius 2 is 2.12 bits per heavy atom. The number of aromatic nitrogens is 2. The molecule has 4 heteroatoms. The molecule has 0 amide bonds. The van der Waals surface area contributed by atoms with Crippen LogP contribution in [0.5, 0.6) is 0 Å². The van der Waals surface area contributed by atoms with E-state index in [-0.39, 0.29) is 0 Å². The largest absolute Gasteiger partial charge is 0.383 e. The van der Waals surface area contributed by atoms with Crippen molar-refractivity contribution in [1.82, 2.24) is 9.55 Å². The number of nitrogens with zero attached hydrogens (tertiary/aromatic N) is 2. The fourth-order valence-corrected chi connectivity index (χ4v) is 2.13. The third-order valence-electron chi connectivity index (χ3n) is 2.98. The van der Waals surface area contributed by atoms with Crippen LogP contribution in [0.2, 0.25) is 0 Å². The van der Waals surface area contributed by atoms with Gasteiger partial charge in [0, 0.05) is 23.5 Å². The molecule has 0 fully saturated rings. The lowest BCUT2D eigenvalue weighted by atomic mass is 10.1. The lowest BCUT2D eigenvalue weighted by Crippen LogP contribution is -2.00. The number of nitrogen functional groups attached to an aromatic ring is 1. The van der Waals surface area contributed by atoms with E-state index in [0.717, 1.165) is 33.8 Å². The van der Waals surface area contributed by atoms with Crippen molar-refractivity contribution in [3.63, 3.8) is 0 Å². The van der Waals surface area contributed by atoms with Crippen LogP contribution in [-0.2, 0) is 13.5 Å². The first-order valence-electron chi connectivity index (χ1n) is 5.62. The molecule has 0 aliphatic carbocycles. The predicted octanol–water partition coefficient (Wildman–Crippen LogP) is 3.30. The fraction of sp³-hybridized carbons (Fsp3) is 0.308. The predicted molar refractivity (Wildman–Crippen MR) is 74.9 cm³/mol. The van der Waals surface area contributed by atoms with Crippen LogP contribution >= 0.6 is 15.9 Å². The average molecular weight is 294 g/mol. The standard InChI is InChI=1S/C13H16BrN3/c1-4-11-16-12(13(15)17(11)3)9-5-6-10(14)8(2)7-9/h5-7H,4,15H2,1-3H3. The molecule has 0 saturated heterocycles. The number of benzene rings is 1. The molecule has 17 heavy (non-hydrogen) atoms. The first kappa shape index (κ1) is 12.2. The summed E-state index contributed by atoms with van der Waals surface area (Å²) in [5.41, 5.74) is 9.22. The van der Waals surface area contributed by atoms with E-state index in [0.29, 0.717) is 0 Å². The Morgan fingerprint density at radius 3 is 2.65 bits per heavy atom. The molecule has 0 aliphatic rings. The number of imidazole rings is 1. The van der Waals surface area contributed by atoms with Gasteiger partial charge in [0.2, 0.25) is 0 Å². The van der Waals surface area contributed by atoms with Crippen molar-refractivity contribution in [2.24, 2.45) is 7.05 Å². The topological polar surface area (TPSA) is 43.8 Å². The Kier molecular flexibility index (Phi) is 3.24. The molecule has 0 aliphatic heterocycles. The number of halogens is 1. The summed E-state index contributed by atoms with van der Waals surface area (Å²) in [6.07, 6.45) is 0.885. The minimum Gasteiger partial charge on any atom is -0.383 e. The molecule has 0 saturated carbocycles. The number of hydrogen-bond acceptors (Lipinski definition) is 2. The van der Waals surface area contributed by atoms with Crippen molar-refractivity contribution >= 4 is 21.7 Å². The molecule has 0 spiro atoms. The highest BCUT2D eigenvalue weighted by Gasteiger charge is 2.12.